The number of hydrogen-bond donors (Lipinski definition) is 0. The summed E-state index contributed by atoms with van der Waals surface area (Å²) in [6.45, 7) is 3.91. The van der Waals surface area contributed by atoms with Crippen molar-refractivity contribution < 1.29 is 9.53 Å². The second-order valence-corrected chi connectivity index (χ2v) is 3.99. The first-order valence-corrected chi connectivity index (χ1v) is 5.35. The van der Waals surface area contributed by atoms with E-state index >= 15 is 0 Å². The summed E-state index contributed by atoms with van der Waals surface area (Å²) >= 11 is 0. The summed E-state index contributed by atoms with van der Waals surface area (Å²) in [6.07, 6.45) is 3.13. The molecule has 1 heterocycles. The molecule has 4 nitrogen and oxygen atoms in total. The maximum Gasteiger partial charge on any atom is 0.346 e. The molecule has 17 heavy (non-hydrogen) atoms. The zero-order chi connectivity index (χ0) is 12.4. The Morgan fingerprint density at radius 1 is 1.35 bits per heavy atom. The molecule has 0 saturated heterocycles. The Morgan fingerprint density at radius 2 is 2.12 bits per heavy atom. The minimum absolute atomic E-state index is 0.383. The van der Waals surface area contributed by atoms with Gasteiger partial charge in [0.2, 0.25) is 0 Å². The fraction of sp³-hybridized carbons (Fsp3) is 0.231. The standard InChI is InChI=1S/C13H14N2O2/c1-9-5-4-6-12(10(9)2)17-13(16)11-7-14-15(3)8-11/h4-8H,1-3H3. The molecule has 88 valence electrons. The number of rotatable bonds is 2. The SMILES string of the molecule is Cc1cccc(OC(=O)c2cnn(C)c2)c1C. The summed E-state index contributed by atoms with van der Waals surface area (Å²) in [6, 6.07) is 5.64. The number of aromatic nitrogens is 2. The van der Waals surface area contributed by atoms with Crippen LogP contribution >= 0.6 is 0 Å². The summed E-state index contributed by atoms with van der Waals surface area (Å²) in [4.78, 5) is 11.8. The van der Waals surface area contributed by atoms with Crippen LogP contribution < -0.4 is 4.74 Å². The van der Waals surface area contributed by atoms with Gasteiger partial charge in [0.1, 0.15) is 5.75 Å². The van der Waals surface area contributed by atoms with Crippen LogP contribution in [0, 0.1) is 13.8 Å². The van der Waals surface area contributed by atoms with Crippen molar-refractivity contribution in [1.29, 1.82) is 0 Å². The van der Waals surface area contributed by atoms with Crippen molar-refractivity contribution >= 4 is 5.97 Å². The molecule has 2 rings (SSSR count). The third-order valence-electron chi connectivity index (χ3n) is 2.70. The van der Waals surface area contributed by atoms with Gasteiger partial charge in [0, 0.05) is 13.2 Å². The highest BCUT2D eigenvalue weighted by Gasteiger charge is 2.12. The summed E-state index contributed by atoms with van der Waals surface area (Å²) < 4.78 is 6.90. The van der Waals surface area contributed by atoms with Crippen LogP contribution in [-0.2, 0) is 7.05 Å². The second-order valence-electron chi connectivity index (χ2n) is 3.99. The van der Waals surface area contributed by atoms with Crippen LogP contribution in [0.25, 0.3) is 0 Å². The Morgan fingerprint density at radius 3 is 2.76 bits per heavy atom. The summed E-state index contributed by atoms with van der Waals surface area (Å²) in [7, 11) is 1.76. The molecule has 0 unspecified atom stereocenters. The van der Waals surface area contributed by atoms with E-state index in [-0.39, 0.29) is 5.97 Å². The van der Waals surface area contributed by atoms with Gasteiger partial charge in [-0.3, -0.25) is 4.68 Å². The van der Waals surface area contributed by atoms with Crippen molar-refractivity contribution in [2.24, 2.45) is 7.05 Å². The number of carbonyl (C=O) groups excluding carboxylic acids is 1. The molecule has 0 spiro atoms. The monoisotopic (exact) mass is 230 g/mol. The van der Waals surface area contributed by atoms with E-state index in [1.807, 2.05) is 26.0 Å². The molecule has 0 saturated carbocycles. The van der Waals surface area contributed by atoms with E-state index in [1.54, 1.807) is 24.0 Å². The van der Waals surface area contributed by atoms with Gasteiger partial charge < -0.3 is 4.74 Å². The molecule has 0 fully saturated rings. The van der Waals surface area contributed by atoms with E-state index in [1.165, 1.54) is 6.20 Å². The van der Waals surface area contributed by atoms with Gasteiger partial charge in [-0.1, -0.05) is 12.1 Å². The number of hydrogen-bond acceptors (Lipinski definition) is 3. The summed E-state index contributed by atoms with van der Waals surface area (Å²) in [5.74, 6) is 0.214. The van der Waals surface area contributed by atoms with Gasteiger partial charge in [0.05, 0.1) is 11.8 Å². The van der Waals surface area contributed by atoms with E-state index in [2.05, 4.69) is 5.10 Å². The van der Waals surface area contributed by atoms with E-state index < -0.39 is 0 Å². The first-order valence-electron chi connectivity index (χ1n) is 5.35. The van der Waals surface area contributed by atoms with Crippen LogP contribution in [0.4, 0.5) is 0 Å². The van der Waals surface area contributed by atoms with Crippen LogP contribution in [0.2, 0.25) is 0 Å². The molecule has 0 amide bonds. The summed E-state index contributed by atoms with van der Waals surface area (Å²) in [5, 5.41) is 3.94. The number of aryl methyl sites for hydroxylation is 2. The van der Waals surface area contributed by atoms with Crippen LogP contribution in [0.15, 0.2) is 30.6 Å². The maximum absolute atomic E-state index is 11.8. The molecular formula is C13H14N2O2. The van der Waals surface area contributed by atoms with Crippen molar-refractivity contribution in [1.82, 2.24) is 9.78 Å². The van der Waals surface area contributed by atoms with E-state index in [9.17, 15) is 4.79 Å². The van der Waals surface area contributed by atoms with Gasteiger partial charge in [-0.05, 0) is 31.0 Å². The molecule has 0 bridgehead atoms. The molecular weight excluding hydrogens is 216 g/mol. The fourth-order valence-electron chi connectivity index (χ4n) is 1.52. The average Bonchev–Trinajstić information content (AvgIpc) is 2.72. The first kappa shape index (κ1) is 11.4. The molecule has 0 N–H and O–H groups in total. The Labute approximate surface area is 99.8 Å². The molecule has 1 aromatic carbocycles. The largest absolute Gasteiger partial charge is 0.423 e. The quantitative estimate of drug-likeness (QED) is 0.587. The first-order chi connectivity index (χ1) is 8.08. The third-order valence-corrected chi connectivity index (χ3v) is 2.70. The molecule has 4 heteroatoms. The Hall–Kier alpha value is -2.10. The van der Waals surface area contributed by atoms with Crippen LogP contribution in [0.1, 0.15) is 21.5 Å². The van der Waals surface area contributed by atoms with Gasteiger partial charge in [0.25, 0.3) is 0 Å². The van der Waals surface area contributed by atoms with E-state index in [0.717, 1.165) is 11.1 Å². The molecule has 0 aliphatic rings. The third kappa shape index (κ3) is 2.36. The fourth-order valence-corrected chi connectivity index (χ4v) is 1.52. The number of ether oxygens (including phenoxy) is 1. The molecule has 0 atom stereocenters. The number of nitrogens with zero attached hydrogens (tertiary/aromatic N) is 2. The van der Waals surface area contributed by atoms with Crippen LogP contribution in [-0.4, -0.2) is 15.7 Å². The summed E-state index contributed by atoms with van der Waals surface area (Å²) in [5.41, 5.74) is 2.53. The van der Waals surface area contributed by atoms with Gasteiger partial charge in [-0.2, -0.15) is 5.10 Å². The highest BCUT2D eigenvalue weighted by molar-refractivity contribution is 5.90. The lowest BCUT2D eigenvalue weighted by Gasteiger charge is -2.07. The van der Waals surface area contributed by atoms with Gasteiger partial charge in [0.15, 0.2) is 0 Å². The number of carbonyl (C=O) groups is 1. The Balaban J connectivity index is 2.21. The topological polar surface area (TPSA) is 44.1 Å². The van der Waals surface area contributed by atoms with Gasteiger partial charge in [-0.25, -0.2) is 4.79 Å². The van der Waals surface area contributed by atoms with Crippen molar-refractivity contribution in [3.05, 3.63) is 47.3 Å². The predicted octanol–water partition coefficient (Wildman–Crippen LogP) is 2.26. The molecule has 0 aliphatic heterocycles. The lowest BCUT2D eigenvalue weighted by molar-refractivity contribution is 0.0733. The Bertz CT molecular complexity index is 558. The van der Waals surface area contributed by atoms with Crippen LogP contribution in [0.3, 0.4) is 0 Å². The predicted molar refractivity (Wildman–Crippen MR) is 64.1 cm³/mol. The van der Waals surface area contributed by atoms with Gasteiger partial charge in [-0.15, -0.1) is 0 Å². The smallest absolute Gasteiger partial charge is 0.346 e. The lowest BCUT2D eigenvalue weighted by atomic mass is 10.1. The minimum Gasteiger partial charge on any atom is -0.423 e. The molecule has 1 aromatic heterocycles. The number of benzene rings is 1. The molecule has 2 aromatic rings. The average molecular weight is 230 g/mol. The highest BCUT2D eigenvalue weighted by Crippen LogP contribution is 2.21. The Kier molecular flexibility index (Phi) is 2.95. The highest BCUT2D eigenvalue weighted by atomic mass is 16.5. The zero-order valence-corrected chi connectivity index (χ0v) is 10.1. The maximum atomic E-state index is 11.8. The minimum atomic E-state index is -0.383. The van der Waals surface area contributed by atoms with Crippen molar-refractivity contribution in [2.75, 3.05) is 0 Å². The molecule has 0 aliphatic carbocycles. The van der Waals surface area contributed by atoms with Crippen molar-refractivity contribution in [2.45, 2.75) is 13.8 Å². The van der Waals surface area contributed by atoms with Crippen LogP contribution in [0.5, 0.6) is 5.75 Å². The van der Waals surface area contributed by atoms with Crippen molar-refractivity contribution in [3.8, 4) is 5.75 Å². The normalized spacial score (nSPS) is 10.3. The number of esters is 1. The lowest BCUT2D eigenvalue weighted by Crippen LogP contribution is -2.08. The zero-order valence-electron chi connectivity index (χ0n) is 10.1. The molecule has 0 radical (unpaired) electrons. The van der Waals surface area contributed by atoms with E-state index in [0.29, 0.717) is 11.3 Å². The van der Waals surface area contributed by atoms with Crippen molar-refractivity contribution in [3.63, 3.8) is 0 Å². The second kappa shape index (κ2) is 4.41. The van der Waals surface area contributed by atoms with Gasteiger partial charge >= 0.3 is 5.97 Å². The van der Waals surface area contributed by atoms with E-state index in [4.69, 9.17) is 4.74 Å².